The molecule has 0 unspecified atom stereocenters. The van der Waals surface area contributed by atoms with Crippen LogP contribution in [0.1, 0.15) is 18.4 Å². The lowest BCUT2D eigenvalue weighted by Crippen LogP contribution is -2.52. The summed E-state index contributed by atoms with van der Waals surface area (Å²) in [4.78, 5) is 5.17. The quantitative estimate of drug-likeness (QED) is 0.919. The van der Waals surface area contributed by atoms with Crippen LogP contribution in [-0.2, 0) is 0 Å². The molecule has 2 aliphatic heterocycles. The first-order chi connectivity index (χ1) is 10.3. The molecule has 2 aliphatic rings. The van der Waals surface area contributed by atoms with E-state index in [0.717, 1.165) is 38.0 Å². The second-order valence-corrected chi connectivity index (χ2v) is 6.16. The van der Waals surface area contributed by atoms with Crippen molar-refractivity contribution in [1.29, 1.82) is 0 Å². The lowest BCUT2D eigenvalue weighted by atomic mass is 10.0. The minimum Gasteiger partial charge on any atom is -0.496 e. The number of methoxy groups -OCH3 is 1. The Hall–Kier alpha value is -1.26. The molecule has 0 bridgehead atoms. The highest BCUT2D eigenvalue weighted by Crippen LogP contribution is 2.28. The zero-order valence-electron chi connectivity index (χ0n) is 13.3. The van der Waals surface area contributed by atoms with Crippen LogP contribution in [0.4, 0.5) is 5.69 Å². The van der Waals surface area contributed by atoms with Crippen molar-refractivity contribution >= 4 is 5.69 Å². The molecule has 1 aromatic rings. The summed E-state index contributed by atoms with van der Waals surface area (Å²) in [6.45, 7) is 9.12. The Morgan fingerprint density at radius 2 is 1.81 bits per heavy atom. The smallest absolute Gasteiger partial charge is 0.123 e. The molecule has 0 spiro atoms. The van der Waals surface area contributed by atoms with Crippen LogP contribution in [0.5, 0.6) is 5.75 Å². The van der Waals surface area contributed by atoms with E-state index in [4.69, 9.17) is 4.74 Å². The molecule has 3 rings (SSSR count). The highest BCUT2D eigenvalue weighted by atomic mass is 16.5. The molecule has 2 saturated heterocycles. The molecule has 2 fully saturated rings. The minimum atomic E-state index is 0.774. The second kappa shape index (κ2) is 6.67. The third-order valence-electron chi connectivity index (χ3n) is 4.89. The second-order valence-electron chi connectivity index (χ2n) is 6.16. The molecule has 1 aromatic carbocycles. The number of nitrogens with one attached hydrogen (secondary N) is 1. The molecule has 4 nitrogen and oxygen atoms in total. The Morgan fingerprint density at radius 3 is 2.48 bits per heavy atom. The lowest BCUT2D eigenvalue weighted by molar-refractivity contribution is 0.150. The number of aryl methyl sites for hydroxylation is 1. The van der Waals surface area contributed by atoms with E-state index < -0.39 is 0 Å². The van der Waals surface area contributed by atoms with Gasteiger partial charge in [0.05, 0.1) is 7.11 Å². The molecule has 0 aromatic heterocycles. The van der Waals surface area contributed by atoms with Crippen molar-refractivity contribution in [2.24, 2.45) is 0 Å². The van der Waals surface area contributed by atoms with Gasteiger partial charge in [0.1, 0.15) is 5.75 Å². The van der Waals surface area contributed by atoms with E-state index in [0.29, 0.717) is 0 Å². The van der Waals surface area contributed by atoms with Gasteiger partial charge in [-0.3, -0.25) is 4.90 Å². The lowest BCUT2D eigenvalue weighted by Gasteiger charge is -2.41. The number of ether oxygens (including phenoxy) is 1. The summed E-state index contributed by atoms with van der Waals surface area (Å²) in [7, 11) is 1.75. The van der Waals surface area contributed by atoms with Crippen molar-refractivity contribution in [3.05, 3.63) is 23.8 Å². The van der Waals surface area contributed by atoms with Crippen LogP contribution in [0.2, 0.25) is 0 Å². The van der Waals surface area contributed by atoms with Crippen molar-refractivity contribution in [3.8, 4) is 5.75 Å². The number of rotatable bonds is 3. The monoisotopic (exact) mass is 289 g/mol. The Kier molecular flexibility index (Phi) is 4.66. The summed E-state index contributed by atoms with van der Waals surface area (Å²) in [6, 6.07) is 7.34. The van der Waals surface area contributed by atoms with Crippen molar-refractivity contribution < 1.29 is 4.74 Å². The zero-order valence-corrected chi connectivity index (χ0v) is 13.3. The van der Waals surface area contributed by atoms with E-state index in [1.807, 2.05) is 0 Å². The van der Waals surface area contributed by atoms with Gasteiger partial charge in [-0.1, -0.05) is 6.07 Å². The molecule has 1 N–H and O–H groups in total. The maximum atomic E-state index is 5.45. The fraction of sp³-hybridized carbons (Fsp3) is 0.647. The summed E-state index contributed by atoms with van der Waals surface area (Å²) < 4.78 is 5.45. The topological polar surface area (TPSA) is 27.7 Å². The van der Waals surface area contributed by atoms with E-state index in [9.17, 15) is 0 Å². The third-order valence-corrected chi connectivity index (χ3v) is 4.89. The summed E-state index contributed by atoms with van der Waals surface area (Å²) in [5.74, 6) is 0.997. The Bertz CT molecular complexity index is 463. The number of piperidine rings is 1. The maximum Gasteiger partial charge on any atom is 0.123 e. The fourth-order valence-electron chi connectivity index (χ4n) is 3.54. The zero-order chi connectivity index (χ0) is 14.7. The number of hydrogen-bond acceptors (Lipinski definition) is 4. The van der Waals surface area contributed by atoms with Crippen molar-refractivity contribution in [1.82, 2.24) is 10.2 Å². The first-order valence-corrected chi connectivity index (χ1v) is 8.12. The molecule has 4 heteroatoms. The van der Waals surface area contributed by atoms with Crippen molar-refractivity contribution in [2.75, 3.05) is 51.3 Å². The van der Waals surface area contributed by atoms with Crippen molar-refractivity contribution in [2.45, 2.75) is 25.8 Å². The predicted octanol–water partition coefficient (Wildman–Crippen LogP) is 1.88. The highest BCUT2D eigenvalue weighted by Gasteiger charge is 2.25. The van der Waals surface area contributed by atoms with E-state index >= 15 is 0 Å². The number of benzene rings is 1. The van der Waals surface area contributed by atoms with Gasteiger partial charge >= 0.3 is 0 Å². The molecule has 21 heavy (non-hydrogen) atoms. The minimum absolute atomic E-state index is 0.774. The van der Waals surface area contributed by atoms with E-state index in [-0.39, 0.29) is 0 Å². The highest BCUT2D eigenvalue weighted by molar-refractivity contribution is 5.53. The average molecular weight is 289 g/mol. The van der Waals surface area contributed by atoms with Crippen LogP contribution in [0.3, 0.4) is 0 Å². The SMILES string of the molecule is COc1cc(N2CCC(N3CCNCC3)CC2)ccc1C. The maximum absolute atomic E-state index is 5.45. The molecule has 0 amide bonds. The molecule has 0 saturated carbocycles. The molecule has 2 heterocycles. The number of piperazine rings is 1. The predicted molar refractivity (Wildman–Crippen MR) is 87.4 cm³/mol. The largest absolute Gasteiger partial charge is 0.496 e. The van der Waals surface area contributed by atoms with Crippen LogP contribution in [0.25, 0.3) is 0 Å². The van der Waals surface area contributed by atoms with Gasteiger partial charge in [-0.25, -0.2) is 0 Å². The standard InChI is InChI=1S/C17H27N3O/c1-14-3-4-16(13-17(14)21-2)19-9-5-15(6-10-19)20-11-7-18-8-12-20/h3-4,13,15,18H,5-12H2,1-2H3. The molecule has 0 aliphatic carbocycles. The average Bonchev–Trinajstić information content (AvgIpc) is 2.56. The van der Waals surface area contributed by atoms with Crippen LogP contribution in [0, 0.1) is 6.92 Å². The first kappa shape index (κ1) is 14.7. The number of hydrogen-bond donors (Lipinski definition) is 1. The molecule has 0 atom stereocenters. The van der Waals surface area contributed by atoms with Gasteiger partial charge in [0, 0.05) is 57.1 Å². The number of anilines is 1. The Labute approximate surface area is 128 Å². The molecule has 116 valence electrons. The van der Waals surface area contributed by atoms with E-state index in [1.165, 1.54) is 37.2 Å². The third kappa shape index (κ3) is 3.33. The van der Waals surface area contributed by atoms with Crippen LogP contribution < -0.4 is 15.0 Å². The van der Waals surface area contributed by atoms with Gasteiger partial charge in [0.2, 0.25) is 0 Å². The molecule has 0 radical (unpaired) electrons. The van der Waals surface area contributed by atoms with Gasteiger partial charge in [-0.15, -0.1) is 0 Å². The Morgan fingerprint density at radius 1 is 1.10 bits per heavy atom. The number of nitrogens with zero attached hydrogens (tertiary/aromatic N) is 2. The molecular weight excluding hydrogens is 262 g/mol. The van der Waals surface area contributed by atoms with Gasteiger partial charge in [0.25, 0.3) is 0 Å². The van der Waals surface area contributed by atoms with Gasteiger partial charge in [-0.05, 0) is 31.4 Å². The van der Waals surface area contributed by atoms with E-state index in [1.54, 1.807) is 7.11 Å². The summed E-state index contributed by atoms with van der Waals surface area (Å²) in [6.07, 6.45) is 2.55. The van der Waals surface area contributed by atoms with Gasteiger partial charge in [-0.2, -0.15) is 0 Å². The summed E-state index contributed by atoms with van der Waals surface area (Å²) in [5.41, 5.74) is 2.51. The summed E-state index contributed by atoms with van der Waals surface area (Å²) >= 11 is 0. The molecular formula is C17H27N3O. The van der Waals surface area contributed by atoms with E-state index in [2.05, 4.69) is 40.2 Å². The summed E-state index contributed by atoms with van der Waals surface area (Å²) in [5, 5.41) is 3.44. The Balaban J connectivity index is 1.60. The van der Waals surface area contributed by atoms with Crippen LogP contribution >= 0.6 is 0 Å². The first-order valence-electron chi connectivity index (χ1n) is 8.12. The van der Waals surface area contributed by atoms with Crippen LogP contribution in [-0.4, -0.2) is 57.3 Å². The van der Waals surface area contributed by atoms with Crippen molar-refractivity contribution in [3.63, 3.8) is 0 Å². The van der Waals surface area contributed by atoms with Crippen LogP contribution in [0.15, 0.2) is 18.2 Å². The normalized spacial score (nSPS) is 21.5. The fourth-order valence-corrected chi connectivity index (χ4v) is 3.54. The van der Waals surface area contributed by atoms with Gasteiger partial charge in [0.15, 0.2) is 0 Å². The van der Waals surface area contributed by atoms with Gasteiger partial charge < -0.3 is 15.0 Å².